The van der Waals surface area contributed by atoms with E-state index in [0.717, 1.165) is 6.54 Å². The second-order valence-corrected chi connectivity index (χ2v) is 4.17. The Balaban J connectivity index is 2.01. The average Bonchev–Trinajstić information content (AvgIpc) is 2.61. The van der Waals surface area contributed by atoms with Crippen molar-refractivity contribution in [3.8, 4) is 0 Å². The molecule has 1 atom stereocenters. The van der Waals surface area contributed by atoms with Crippen molar-refractivity contribution < 1.29 is 14.6 Å². The molecule has 1 saturated heterocycles. The van der Waals surface area contributed by atoms with Crippen molar-refractivity contribution in [2.45, 2.75) is 26.2 Å². The van der Waals surface area contributed by atoms with E-state index < -0.39 is 5.97 Å². The van der Waals surface area contributed by atoms with Crippen LogP contribution in [0.1, 0.15) is 26.2 Å². The van der Waals surface area contributed by atoms with Crippen molar-refractivity contribution in [1.29, 1.82) is 0 Å². The van der Waals surface area contributed by atoms with Crippen molar-refractivity contribution in [3.63, 3.8) is 0 Å². The molecule has 0 aromatic carbocycles. The third-order valence-corrected chi connectivity index (χ3v) is 2.72. The number of carboxylic acids is 1. The van der Waals surface area contributed by atoms with E-state index in [1.165, 1.54) is 25.9 Å². The molecule has 15 heavy (non-hydrogen) atoms. The lowest BCUT2D eigenvalue weighted by Gasteiger charge is -2.14. The molecule has 1 rings (SSSR count). The van der Waals surface area contributed by atoms with Gasteiger partial charge in [0, 0.05) is 6.54 Å². The topological polar surface area (TPSA) is 49.8 Å². The van der Waals surface area contributed by atoms with Gasteiger partial charge in [-0.05, 0) is 31.8 Å². The summed E-state index contributed by atoms with van der Waals surface area (Å²) in [4.78, 5) is 12.7. The highest BCUT2D eigenvalue weighted by Gasteiger charge is 2.21. The standard InChI is InChI=1S/C11H21NO3/c1-2-5-12-6-3-10(8-12)9-15-7-4-11(13)14/h10H,2-9H2,1H3,(H,13,14)/t10-/m0/s1. The third-order valence-electron chi connectivity index (χ3n) is 2.72. The molecular formula is C11H21NO3. The fraction of sp³-hybridized carbons (Fsp3) is 0.909. The van der Waals surface area contributed by atoms with Crippen LogP contribution < -0.4 is 0 Å². The summed E-state index contributed by atoms with van der Waals surface area (Å²) < 4.78 is 5.35. The maximum atomic E-state index is 10.2. The highest BCUT2D eigenvalue weighted by atomic mass is 16.5. The molecule has 0 bridgehead atoms. The summed E-state index contributed by atoms with van der Waals surface area (Å²) in [7, 11) is 0. The van der Waals surface area contributed by atoms with Crippen LogP contribution in [0.5, 0.6) is 0 Å². The first-order chi connectivity index (χ1) is 7.22. The predicted molar refractivity (Wildman–Crippen MR) is 57.9 cm³/mol. The summed E-state index contributed by atoms with van der Waals surface area (Å²) in [5.74, 6) is -0.181. The van der Waals surface area contributed by atoms with E-state index in [2.05, 4.69) is 11.8 Å². The van der Waals surface area contributed by atoms with Gasteiger partial charge in [-0.2, -0.15) is 0 Å². The highest BCUT2D eigenvalue weighted by molar-refractivity contribution is 5.66. The molecule has 1 heterocycles. The summed E-state index contributed by atoms with van der Waals surface area (Å²) in [6, 6.07) is 0. The van der Waals surface area contributed by atoms with Gasteiger partial charge in [0.15, 0.2) is 0 Å². The van der Waals surface area contributed by atoms with Crippen molar-refractivity contribution in [3.05, 3.63) is 0 Å². The van der Waals surface area contributed by atoms with Gasteiger partial charge in [0.1, 0.15) is 0 Å². The molecule has 1 aliphatic heterocycles. The monoisotopic (exact) mass is 215 g/mol. The molecule has 0 aliphatic carbocycles. The molecule has 1 fully saturated rings. The van der Waals surface area contributed by atoms with Crippen LogP contribution in [-0.2, 0) is 9.53 Å². The summed E-state index contributed by atoms with van der Waals surface area (Å²) >= 11 is 0. The maximum absolute atomic E-state index is 10.2. The Hall–Kier alpha value is -0.610. The SMILES string of the molecule is CCCN1CC[C@H](COCCC(=O)O)C1. The lowest BCUT2D eigenvalue weighted by Crippen LogP contribution is -2.22. The maximum Gasteiger partial charge on any atom is 0.305 e. The van der Waals surface area contributed by atoms with Crippen LogP contribution in [0.25, 0.3) is 0 Å². The van der Waals surface area contributed by atoms with Crippen LogP contribution in [0.4, 0.5) is 0 Å². The Morgan fingerprint density at radius 3 is 3.07 bits per heavy atom. The number of hydrogen-bond donors (Lipinski definition) is 1. The highest BCUT2D eigenvalue weighted by Crippen LogP contribution is 2.16. The minimum atomic E-state index is -0.783. The lowest BCUT2D eigenvalue weighted by atomic mass is 10.1. The Morgan fingerprint density at radius 2 is 2.40 bits per heavy atom. The van der Waals surface area contributed by atoms with Crippen molar-refractivity contribution in [2.75, 3.05) is 32.8 Å². The fourth-order valence-electron chi connectivity index (χ4n) is 1.98. The van der Waals surface area contributed by atoms with Crippen LogP contribution in [0.2, 0.25) is 0 Å². The van der Waals surface area contributed by atoms with E-state index >= 15 is 0 Å². The van der Waals surface area contributed by atoms with Crippen LogP contribution in [0.15, 0.2) is 0 Å². The van der Waals surface area contributed by atoms with Gasteiger partial charge in [0.05, 0.1) is 19.6 Å². The van der Waals surface area contributed by atoms with Crippen LogP contribution in [0.3, 0.4) is 0 Å². The quantitative estimate of drug-likeness (QED) is 0.648. The number of aliphatic carboxylic acids is 1. The fourth-order valence-corrected chi connectivity index (χ4v) is 1.98. The molecule has 0 unspecified atom stereocenters. The number of ether oxygens (including phenoxy) is 1. The van der Waals surface area contributed by atoms with Crippen LogP contribution in [0, 0.1) is 5.92 Å². The predicted octanol–water partition coefficient (Wildman–Crippen LogP) is 1.21. The smallest absolute Gasteiger partial charge is 0.305 e. The molecule has 0 spiro atoms. The zero-order valence-electron chi connectivity index (χ0n) is 9.45. The zero-order valence-corrected chi connectivity index (χ0v) is 9.45. The van der Waals surface area contributed by atoms with Gasteiger partial charge in [-0.1, -0.05) is 6.92 Å². The molecule has 1 aliphatic rings. The molecule has 0 radical (unpaired) electrons. The Kier molecular flexibility index (Phi) is 5.65. The molecule has 0 aromatic heterocycles. The average molecular weight is 215 g/mol. The van der Waals surface area contributed by atoms with Crippen molar-refractivity contribution >= 4 is 5.97 Å². The van der Waals surface area contributed by atoms with E-state index in [1.807, 2.05) is 0 Å². The minimum absolute atomic E-state index is 0.116. The van der Waals surface area contributed by atoms with Gasteiger partial charge in [-0.15, -0.1) is 0 Å². The van der Waals surface area contributed by atoms with Gasteiger partial charge in [0.2, 0.25) is 0 Å². The summed E-state index contributed by atoms with van der Waals surface area (Å²) in [5.41, 5.74) is 0. The zero-order chi connectivity index (χ0) is 11.1. The Labute approximate surface area is 91.2 Å². The van der Waals surface area contributed by atoms with Gasteiger partial charge in [0.25, 0.3) is 0 Å². The van der Waals surface area contributed by atoms with Crippen LogP contribution >= 0.6 is 0 Å². The van der Waals surface area contributed by atoms with Gasteiger partial charge < -0.3 is 14.7 Å². The second kappa shape index (κ2) is 6.80. The normalized spacial score (nSPS) is 22.1. The van der Waals surface area contributed by atoms with E-state index in [1.54, 1.807) is 0 Å². The number of hydrogen-bond acceptors (Lipinski definition) is 3. The van der Waals surface area contributed by atoms with Crippen molar-refractivity contribution in [1.82, 2.24) is 4.90 Å². The number of carbonyl (C=O) groups is 1. The van der Waals surface area contributed by atoms with E-state index in [-0.39, 0.29) is 6.42 Å². The molecule has 88 valence electrons. The number of likely N-dealkylation sites (tertiary alicyclic amines) is 1. The molecule has 0 amide bonds. The van der Waals surface area contributed by atoms with E-state index in [9.17, 15) is 4.79 Å². The summed E-state index contributed by atoms with van der Waals surface area (Å²) in [5, 5.41) is 8.43. The van der Waals surface area contributed by atoms with Crippen molar-refractivity contribution in [2.24, 2.45) is 5.92 Å². The van der Waals surface area contributed by atoms with Gasteiger partial charge >= 0.3 is 5.97 Å². The number of carboxylic acid groups (broad SMARTS) is 1. The first-order valence-electron chi connectivity index (χ1n) is 5.74. The Bertz CT molecular complexity index is 196. The lowest BCUT2D eigenvalue weighted by molar-refractivity contribution is -0.138. The number of nitrogens with zero attached hydrogens (tertiary/aromatic N) is 1. The molecule has 1 N–H and O–H groups in total. The first kappa shape index (κ1) is 12.5. The summed E-state index contributed by atoms with van der Waals surface area (Å²) in [6.45, 7) is 6.71. The van der Waals surface area contributed by atoms with E-state index in [0.29, 0.717) is 19.1 Å². The molecule has 4 nitrogen and oxygen atoms in total. The third kappa shape index (κ3) is 5.14. The molecule has 0 saturated carbocycles. The van der Waals surface area contributed by atoms with Gasteiger partial charge in [-0.3, -0.25) is 4.79 Å². The summed E-state index contributed by atoms with van der Waals surface area (Å²) in [6.07, 6.45) is 2.51. The van der Waals surface area contributed by atoms with Gasteiger partial charge in [-0.25, -0.2) is 0 Å². The molecule has 4 heteroatoms. The van der Waals surface area contributed by atoms with Crippen LogP contribution in [-0.4, -0.2) is 48.8 Å². The first-order valence-corrected chi connectivity index (χ1v) is 5.74. The number of rotatable bonds is 7. The molecular weight excluding hydrogens is 194 g/mol. The second-order valence-electron chi connectivity index (χ2n) is 4.17. The largest absolute Gasteiger partial charge is 0.481 e. The minimum Gasteiger partial charge on any atom is -0.481 e. The van der Waals surface area contributed by atoms with E-state index in [4.69, 9.17) is 9.84 Å². The Morgan fingerprint density at radius 1 is 1.60 bits per heavy atom. The molecule has 0 aromatic rings.